The second-order valence-corrected chi connectivity index (χ2v) is 6.63. The van der Waals surface area contributed by atoms with Crippen LogP contribution in [-0.2, 0) is 16.9 Å². The van der Waals surface area contributed by atoms with Crippen molar-refractivity contribution in [2.24, 2.45) is 0 Å². The third-order valence-corrected chi connectivity index (χ3v) is 4.49. The van der Waals surface area contributed by atoms with Gasteiger partial charge in [0.1, 0.15) is 5.54 Å². The van der Waals surface area contributed by atoms with E-state index in [-0.39, 0.29) is 12.5 Å². The van der Waals surface area contributed by atoms with Crippen molar-refractivity contribution < 1.29 is 9.59 Å². The quantitative estimate of drug-likeness (QED) is 0.877. The molecule has 5 nitrogen and oxygen atoms in total. The summed E-state index contributed by atoms with van der Waals surface area (Å²) in [4.78, 5) is 26.6. The first-order valence-electron chi connectivity index (χ1n) is 8.05. The number of rotatable bonds is 3. The van der Waals surface area contributed by atoms with Crippen LogP contribution >= 0.6 is 0 Å². The Morgan fingerprint density at radius 1 is 1.08 bits per heavy atom. The van der Waals surface area contributed by atoms with Crippen LogP contribution in [0.3, 0.4) is 0 Å². The van der Waals surface area contributed by atoms with Crippen molar-refractivity contribution in [2.75, 3.05) is 0 Å². The van der Waals surface area contributed by atoms with Gasteiger partial charge in [-0.3, -0.25) is 9.69 Å². The zero-order chi connectivity index (χ0) is 18.2. The number of aryl methyl sites for hydroxylation is 2. The second kappa shape index (κ2) is 6.06. The van der Waals surface area contributed by atoms with Gasteiger partial charge in [-0.25, -0.2) is 4.79 Å². The highest BCUT2D eigenvalue weighted by atomic mass is 16.2. The molecule has 3 rings (SSSR count). The van der Waals surface area contributed by atoms with Crippen LogP contribution < -0.4 is 5.32 Å². The van der Waals surface area contributed by atoms with Crippen LogP contribution in [0.15, 0.2) is 42.5 Å². The fourth-order valence-electron chi connectivity index (χ4n) is 3.26. The smallest absolute Gasteiger partial charge is 0.319 e. The van der Waals surface area contributed by atoms with Gasteiger partial charge in [0, 0.05) is 0 Å². The number of nitriles is 1. The molecule has 1 N–H and O–H groups in total. The second-order valence-electron chi connectivity index (χ2n) is 6.63. The predicted octanol–water partition coefficient (Wildman–Crippen LogP) is 3.14. The molecule has 2 aromatic carbocycles. The Bertz CT molecular complexity index is 876. The highest BCUT2D eigenvalue weighted by Crippen LogP contribution is 2.30. The number of benzene rings is 2. The molecule has 5 heteroatoms. The lowest BCUT2D eigenvalue weighted by Crippen LogP contribution is -2.40. The van der Waals surface area contributed by atoms with Gasteiger partial charge in [-0.1, -0.05) is 41.5 Å². The fraction of sp³-hybridized carbons (Fsp3) is 0.250. The van der Waals surface area contributed by atoms with E-state index in [2.05, 4.69) is 11.4 Å². The Labute approximate surface area is 146 Å². The van der Waals surface area contributed by atoms with Crippen molar-refractivity contribution in [2.45, 2.75) is 32.9 Å². The topological polar surface area (TPSA) is 73.2 Å². The first-order chi connectivity index (χ1) is 11.8. The highest BCUT2D eigenvalue weighted by molar-refractivity contribution is 6.07. The monoisotopic (exact) mass is 333 g/mol. The van der Waals surface area contributed by atoms with E-state index in [1.54, 1.807) is 31.2 Å². The van der Waals surface area contributed by atoms with Crippen molar-refractivity contribution in [3.63, 3.8) is 0 Å². The molecular formula is C20H19N3O2. The van der Waals surface area contributed by atoms with E-state index in [0.717, 1.165) is 16.7 Å². The predicted molar refractivity (Wildman–Crippen MR) is 93.5 cm³/mol. The highest BCUT2D eigenvalue weighted by Gasteiger charge is 2.48. The van der Waals surface area contributed by atoms with Gasteiger partial charge < -0.3 is 5.32 Å². The molecule has 0 spiro atoms. The Morgan fingerprint density at radius 3 is 2.24 bits per heavy atom. The molecule has 0 bridgehead atoms. The number of nitrogens with one attached hydrogen (secondary N) is 1. The van der Waals surface area contributed by atoms with Gasteiger partial charge >= 0.3 is 6.03 Å². The van der Waals surface area contributed by atoms with Crippen LogP contribution in [0.2, 0.25) is 0 Å². The summed E-state index contributed by atoms with van der Waals surface area (Å²) in [6.45, 7) is 5.90. The Hall–Kier alpha value is -3.13. The lowest BCUT2D eigenvalue weighted by Gasteiger charge is -2.22. The van der Waals surface area contributed by atoms with Crippen LogP contribution in [0, 0.1) is 25.2 Å². The number of imide groups is 1. The minimum atomic E-state index is -1.12. The SMILES string of the molecule is Cc1cc(C)cc(CN2C(=O)N[C@@](C)(c3ccc(C#N)cc3)C2=O)c1. The van der Waals surface area contributed by atoms with Crippen LogP contribution in [0.25, 0.3) is 0 Å². The molecule has 0 saturated carbocycles. The largest absolute Gasteiger partial charge is 0.325 e. The summed E-state index contributed by atoms with van der Waals surface area (Å²) in [5.41, 5.74) is 3.16. The molecular weight excluding hydrogens is 314 g/mol. The average molecular weight is 333 g/mol. The number of carbonyl (C=O) groups excluding carboxylic acids is 2. The van der Waals surface area contributed by atoms with Crippen LogP contribution in [0.4, 0.5) is 4.79 Å². The molecule has 1 aliphatic heterocycles. The molecule has 1 fully saturated rings. The summed E-state index contributed by atoms with van der Waals surface area (Å²) >= 11 is 0. The Kier molecular flexibility index (Phi) is 4.05. The molecule has 2 aromatic rings. The third kappa shape index (κ3) is 2.99. The molecule has 0 unspecified atom stereocenters. The normalized spacial score (nSPS) is 19.7. The van der Waals surface area contributed by atoms with Crippen molar-refractivity contribution in [3.8, 4) is 6.07 Å². The maximum atomic E-state index is 12.9. The minimum absolute atomic E-state index is 0.235. The van der Waals surface area contributed by atoms with Crippen LogP contribution in [0.5, 0.6) is 0 Å². The van der Waals surface area contributed by atoms with Crippen molar-refractivity contribution in [1.29, 1.82) is 5.26 Å². The lowest BCUT2D eigenvalue weighted by molar-refractivity contribution is -0.131. The summed E-state index contributed by atoms with van der Waals surface area (Å²) in [5.74, 6) is -0.290. The third-order valence-electron chi connectivity index (χ3n) is 4.49. The zero-order valence-electron chi connectivity index (χ0n) is 14.5. The number of carbonyl (C=O) groups is 2. The molecule has 25 heavy (non-hydrogen) atoms. The van der Waals surface area contributed by atoms with E-state index in [4.69, 9.17) is 5.26 Å². The van der Waals surface area contributed by atoms with Gasteiger partial charge in [-0.05, 0) is 44.0 Å². The maximum absolute atomic E-state index is 12.9. The summed E-state index contributed by atoms with van der Waals surface area (Å²) < 4.78 is 0. The van der Waals surface area contributed by atoms with Gasteiger partial charge in [0.15, 0.2) is 0 Å². The Morgan fingerprint density at radius 2 is 1.68 bits per heavy atom. The van der Waals surface area contributed by atoms with E-state index in [1.165, 1.54) is 4.90 Å². The van der Waals surface area contributed by atoms with Gasteiger partial charge in [-0.2, -0.15) is 5.26 Å². The van der Waals surface area contributed by atoms with E-state index >= 15 is 0 Å². The van der Waals surface area contributed by atoms with Gasteiger partial charge in [-0.15, -0.1) is 0 Å². The number of nitrogens with zero attached hydrogens (tertiary/aromatic N) is 2. The fourth-order valence-corrected chi connectivity index (χ4v) is 3.26. The van der Waals surface area contributed by atoms with E-state index < -0.39 is 11.6 Å². The zero-order valence-corrected chi connectivity index (χ0v) is 14.5. The van der Waals surface area contributed by atoms with Gasteiger partial charge in [0.05, 0.1) is 18.2 Å². The van der Waals surface area contributed by atoms with E-state index in [1.807, 2.05) is 32.0 Å². The summed E-state index contributed by atoms with van der Waals surface area (Å²) in [6, 6.07) is 14.3. The van der Waals surface area contributed by atoms with Gasteiger partial charge in [0.25, 0.3) is 5.91 Å². The summed E-state index contributed by atoms with van der Waals surface area (Å²) in [5, 5.41) is 11.7. The molecule has 3 amide bonds. The molecule has 1 aliphatic rings. The number of urea groups is 1. The molecule has 0 aromatic heterocycles. The van der Waals surface area contributed by atoms with E-state index in [0.29, 0.717) is 11.1 Å². The molecule has 1 saturated heterocycles. The standard InChI is InChI=1S/C20H19N3O2/c1-13-8-14(2)10-16(9-13)12-23-18(24)20(3,22-19(23)25)17-6-4-15(11-21)5-7-17/h4-10H,12H2,1-3H3,(H,22,25)/t20-/m0/s1. The van der Waals surface area contributed by atoms with Crippen molar-refractivity contribution in [3.05, 3.63) is 70.3 Å². The molecule has 1 heterocycles. The molecule has 0 aliphatic carbocycles. The summed E-state index contributed by atoms with van der Waals surface area (Å²) in [7, 11) is 0. The maximum Gasteiger partial charge on any atom is 0.325 e. The number of hydrogen-bond acceptors (Lipinski definition) is 3. The Balaban J connectivity index is 1.89. The molecule has 0 radical (unpaired) electrons. The first-order valence-corrected chi connectivity index (χ1v) is 8.05. The first kappa shape index (κ1) is 16.7. The summed E-state index contributed by atoms with van der Waals surface area (Å²) in [6.07, 6.45) is 0. The van der Waals surface area contributed by atoms with Crippen molar-refractivity contribution >= 4 is 11.9 Å². The lowest BCUT2D eigenvalue weighted by atomic mass is 9.91. The van der Waals surface area contributed by atoms with Crippen LogP contribution in [0.1, 0.15) is 34.7 Å². The average Bonchev–Trinajstić information content (AvgIpc) is 2.78. The minimum Gasteiger partial charge on any atom is -0.319 e. The number of hydrogen-bond donors (Lipinski definition) is 1. The van der Waals surface area contributed by atoms with Crippen molar-refractivity contribution in [1.82, 2.24) is 10.2 Å². The molecule has 1 atom stereocenters. The van der Waals surface area contributed by atoms with Crippen LogP contribution in [-0.4, -0.2) is 16.8 Å². The number of amides is 3. The molecule has 126 valence electrons. The van der Waals surface area contributed by atoms with E-state index in [9.17, 15) is 9.59 Å². The van der Waals surface area contributed by atoms with Gasteiger partial charge in [0.2, 0.25) is 0 Å².